The van der Waals surface area contributed by atoms with Crippen molar-refractivity contribution in [2.75, 3.05) is 18.6 Å². The second-order valence-corrected chi connectivity index (χ2v) is 5.31. The summed E-state index contributed by atoms with van der Waals surface area (Å²) in [4.78, 5) is 0. The van der Waals surface area contributed by atoms with Gasteiger partial charge in [0.05, 0.1) is 24.6 Å². The minimum Gasteiger partial charge on any atom is -0.390 e. The highest BCUT2D eigenvalue weighted by Gasteiger charge is 2.12. The SMILES string of the molecule is CC(C)OCC(O)CS(C)(=O)=O. The lowest BCUT2D eigenvalue weighted by Gasteiger charge is -2.11. The van der Waals surface area contributed by atoms with Crippen LogP contribution in [0.5, 0.6) is 0 Å². The Morgan fingerprint density at radius 2 is 1.92 bits per heavy atom. The van der Waals surface area contributed by atoms with Crippen molar-refractivity contribution in [1.82, 2.24) is 0 Å². The van der Waals surface area contributed by atoms with Crippen LogP contribution in [0.2, 0.25) is 0 Å². The van der Waals surface area contributed by atoms with Gasteiger partial charge in [-0.25, -0.2) is 8.42 Å². The first-order valence-corrected chi connectivity index (χ1v) is 5.84. The van der Waals surface area contributed by atoms with E-state index in [1.165, 1.54) is 0 Å². The lowest BCUT2D eigenvalue weighted by atomic mass is 10.4. The Bertz CT molecular complexity index is 207. The van der Waals surface area contributed by atoms with Crippen molar-refractivity contribution in [3.63, 3.8) is 0 Å². The van der Waals surface area contributed by atoms with E-state index in [1.807, 2.05) is 13.8 Å². The molecule has 0 radical (unpaired) electrons. The van der Waals surface area contributed by atoms with Gasteiger partial charge in [0.1, 0.15) is 9.84 Å². The fraction of sp³-hybridized carbons (Fsp3) is 1.00. The van der Waals surface area contributed by atoms with Crippen molar-refractivity contribution in [3.05, 3.63) is 0 Å². The van der Waals surface area contributed by atoms with E-state index in [9.17, 15) is 8.42 Å². The van der Waals surface area contributed by atoms with Crippen LogP contribution in [0.4, 0.5) is 0 Å². The molecule has 1 N–H and O–H groups in total. The summed E-state index contributed by atoms with van der Waals surface area (Å²) in [6, 6.07) is 0. The number of aliphatic hydroxyl groups excluding tert-OH is 1. The largest absolute Gasteiger partial charge is 0.390 e. The van der Waals surface area contributed by atoms with E-state index < -0.39 is 15.9 Å². The van der Waals surface area contributed by atoms with Crippen LogP contribution in [0.15, 0.2) is 0 Å². The number of aliphatic hydroxyl groups is 1. The molecule has 0 aliphatic carbocycles. The van der Waals surface area contributed by atoms with Crippen molar-refractivity contribution in [3.8, 4) is 0 Å². The molecule has 0 saturated carbocycles. The molecule has 0 aliphatic rings. The Morgan fingerprint density at radius 1 is 1.42 bits per heavy atom. The Labute approximate surface area is 73.5 Å². The van der Waals surface area contributed by atoms with Crippen LogP contribution in [-0.2, 0) is 14.6 Å². The normalized spacial score (nSPS) is 15.1. The van der Waals surface area contributed by atoms with Crippen molar-refractivity contribution >= 4 is 9.84 Å². The van der Waals surface area contributed by atoms with Crippen LogP contribution in [0.1, 0.15) is 13.8 Å². The standard InChI is InChI=1S/C7H16O4S/c1-6(2)11-4-7(8)5-12(3,9)10/h6-8H,4-5H2,1-3H3. The topological polar surface area (TPSA) is 63.6 Å². The van der Waals surface area contributed by atoms with Gasteiger partial charge in [-0.2, -0.15) is 0 Å². The molecule has 4 nitrogen and oxygen atoms in total. The Morgan fingerprint density at radius 3 is 2.25 bits per heavy atom. The Hall–Kier alpha value is -0.130. The summed E-state index contributed by atoms with van der Waals surface area (Å²) in [7, 11) is -3.10. The molecule has 0 aromatic rings. The molecule has 0 spiro atoms. The van der Waals surface area contributed by atoms with E-state index in [0.717, 1.165) is 6.26 Å². The second-order valence-electron chi connectivity index (χ2n) is 3.13. The minimum absolute atomic E-state index is 0.0132. The number of hydrogen-bond acceptors (Lipinski definition) is 4. The molecule has 0 rings (SSSR count). The number of sulfone groups is 1. The van der Waals surface area contributed by atoms with Crippen molar-refractivity contribution in [2.45, 2.75) is 26.1 Å². The van der Waals surface area contributed by atoms with Gasteiger partial charge in [-0.1, -0.05) is 0 Å². The summed E-state index contributed by atoms with van der Waals surface area (Å²) in [6.45, 7) is 3.73. The first kappa shape index (κ1) is 11.9. The summed E-state index contributed by atoms with van der Waals surface area (Å²) >= 11 is 0. The molecular weight excluding hydrogens is 180 g/mol. The van der Waals surface area contributed by atoms with Gasteiger partial charge in [0, 0.05) is 6.26 Å². The summed E-state index contributed by atoms with van der Waals surface area (Å²) in [5, 5.41) is 9.13. The molecule has 0 aromatic carbocycles. The van der Waals surface area contributed by atoms with Crippen molar-refractivity contribution in [1.29, 1.82) is 0 Å². The summed E-state index contributed by atoms with van der Waals surface area (Å²) < 4.78 is 26.4. The fourth-order valence-electron chi connectivity index (χ4n) is 0.701. The van der Waals surface area contributed by atoms with Crippen LogP contribution in [0, 0.1) is 0 Å². The quantitative estimate of drug-likeness (QED) is 0.662. The molecule has 0 aromatic heterocycles. The lowest BCUT2D eigenvalue weighted by molar-refractivity contribution is 0.0147. The van der Waals surface area contributed by atoms with E-state index in [4.69, 9.17) is 9.84 Å². The van der Waals surface area contributed by atoms with Gasteiger partial charge in [0.25, 0.3) is 0 Å². The van der Waals surface area contributed by atoms with Crippen LogP contribution in [0.25, 0.3) is 0 Å². The predicted molar refractivity (Wildman–Crippen MR) is 46.8 cm³/mol. The highest BCUT2D eigenvalue weighted by atomic mass is 32.2. The zero-order valence-electron chi connectivity index (χ0n) is 7.65. The predicted octanol–water partition coefficient (Wildman–Crippen LogP) is -0.183. The molecular formula is C7H16O4S. The first-order chi connectivity index (χ1) is 5.31. The summed E-state index contributed by atoms with van der Waals surface area (Å²) in [6.07, 6.45) is 0.188. The van der Waals surface area contributed by atoms with Gasteiger partial charge >= 0.3 is 0 Å². The van der Waals surface area contributed by atoms with Crippen LogP contribution in [0.3, 0.4) is 0 Å². The molecule has 12 heavy (non-hydrogen) atoms. The number of ether oxygens (including phenoxy) is 1. The molecule has 0 amide bonds. The molecule has 0 bridgehead atoms. The molecule has 0 heterocycles. The van der Waals surface area contributed by atoms with E-state index >= 15 is 0 Å². The maximum Gasteiger partial charge on any atom is 0.150 e. The average molecular weight is 196 g/mol. The van der Waals surface area contributed by atoms with Gasteiger partial charge in [0.15, 0.2) is 0 Å². The van der Waals surface area contributed by atoms with Crippen LogP contribution < -0.4 is 0 Å². The van der Waals surface area contributed by atoms with E-state index in [0.29, 0.717) is 0 Å². The third-order valence-corrected chi connectivity index (χ3v) is 2.11. The molecule has 0 aliphatic heterocycles. The zero-order valence-corrected chi connectivity index (χ0v) is 8.47. The van der Waals surface area contributed by atoms with E-state index in [-0.39, 0.29) is 18.5 Å². The Kier molecular flexibility index (Phi) is 4.74. The highest BCUT2D eigenvalue weighted by Crippen LogP contribution is 1.95. The fourth-order valence-corrected chi connectivity index (χ4v) is 1.50. The number of hydrogen-bond donors (Lipinski definition) is 1. The van der Waals surface area contributed by atoms with Crippen molar-refractivity contribution in [2.24, 2.45) is 0 Å². The average Bonchev–Trinajstić information content (AvgIpc) is 1.79. The lowest BCUT2D eigenvalue weighted by Crippen LogP contribution is -2.26. The van der Waals surface area contributed by atoms with Gasteiger partial charge in [-0.15, -0.1) is 0 Å². The molecule has 0 saturated heterocycles. The summed E-state index contributed by atoms with van der Waals surface area (Å²) in [5.74, 6) is -0.236. The third kappa shape index (κ3) is 7.97. The highest BCUT2D eigenvalue weighted by molar-refractivity contribution is 7.90. The maximum absolute atomic E-state index is 10.7. The third-order valence-electron chi connectivity index (χ3n) is 1.12. The molecule has 1 unspecified atom stereocenters. The van der Waals surface area contributed by atoms with Gasteiger partial charge < -0.3 is 9.84 Å². The van der Waals surface area contributed by atoms with E-state index in [1.54, 1.807) is 0 Å². The molecule has 1 atom stereocenters. The van der Waals surface area contributed by atoms with E-state index in [2.05, 4.69) is 0 Å². The maximum atomic E-state index is 10.7. The number of rotatable bonds is 5. The zero-order chi connectivity index (χ0) is 9.78. The summed E-state index contributed by atoms with van der Waals surface area (Å²) in [5.41, 5.74) is 0. The van der Waals surface area contributed by atoms with Gasteiger partial charge in [-0.05, 0) is 13.8 Å². The first-order valence-electron chi connectivity index (χ1n) is 3.78. The van der Waals surface area contributed by atoms with Gasteiger partial charge in [0.2, 0.25) is 0 Å². The minimum atomic E-state index is -3.10. The monoisotopic (exact) mass is 196 g/mol. The Balaban J connectivity index is 3.68. The van der Waals surface area contributed by atoms with Crippen molar-refractivity contribution < 1.29 is 18.3 Å². The second kappa shape index (κ2) is 4.79. The van der Waals surface area contributed by atoms with Gasteiger partial charge in [-0.3, -0.25) is 0 Å². The molecule has 5 heteroatoms. The smallest absolute Gasteiger partial charge is 0.150 e. The van der Waals surface area contributed by atoms with Crippen LogP contribution in [-0.4, -0.2) is 44.3 Å². The van der Waals surface area contributed by atoms with Crippen LogP contribution >= 0.6 is 0 Å². The molecule has 74 valence electrons. The molecule has 0 fully saturated rings.